The number of nitrogens with one attached hydrogen (secondary N) is 3. The quantitative estimate of drug-likeness (QED) is 0.235. The number of aromatic amines is 1. The van der Waals surface area contributed by atoms with E-state index in [2.05, 4.69) is 30.6 Å². The van der Waals surface area contributed by atoms with Crippen LogP contribution in [0.5, 0.6) is 0 Å². The third-order valence-electron chi connectivity index (χ3n) is 5.76. The van der Waals surface area contributed by atoms with Gasteiger partial charge < -0.3 is 4.98 Å². The zero-order valence-corrected chi connectivity index (χ0v) is 20.9. The van der Waals surface area contributed by atoms with Crippen molar-refractivity contribution in [2.45, 2.75) is 39.5 Å². The van der Waals surface area contributed by atoms with Gasteiger partial charge in [-0.25, -0.2) is 9.97 Å². The van der Waals surface area contributed by atoms with Gasteiger partial charge in [0.1, 0.15) is 0 Å². The van der Waals surface area contributed by atoms with Crippen LogP contribution in [0.3, 0.4) is 0 Å². The van der Waals surface area contributed by atoms with Crippen LogP contribution in [0.1, 0.15) is 41.8 Å². The van der Waals surface area contributed by atoms with Crippen LogP contribution < -0.4 is 10.6 Å². The SMILES string of the molecule is CC[C@@H](C(=O)NC(=NCCc1c[nH]c2ccc(Cl)cc12)Nc1nc(C)cc(C)n1)c1ccccc1. The van der Waals surface area contributed by atoms with E-state index >= 15 is 0 Å². The Morgan fingerprint density at radius 2 is 1.83 bits per heavy atom. The number of anilines is 1. The highest BCUT2D eigenvalue weighted by Crippen LogP contribution is 2.23. The van der Waals surface area contributed by atoms with Crippen molar-refractivity contribution < 1.29 is 4.79 Å². The summed E-state index contributed by atoms with van der Waals surface area (Å²) in [5, 5.41) is 7.84. The molecule has 2 aromatic carbocycles. The molecular weight excluding hydrogens is 460 g/mol. The number of aliphatic imine (C=N–C) groups is 1. The van der Waals surface area contributed by atoms with E-state index in [9.17, 15) is 4.79 Å². The molecule has 0 aliphatic carbocycles. The Labute approximate surface area is 210 Å². The number of aryl methyl sites for hydroxylation is 2. The third-order valence-corrected chi connectivity index (χ3v) is 6.00. The summed E-state index contributed by atoms with van der Waals surface area (Å²) in [5.74, 6) is 0.299. The van der Waals surface area contributed by atoms with Gasteiger partial charge in [0.15, 0.2) is 0 Å². The van der Waals surface area contributed by atoms with Gasteiger partial charge in [-0.1, -0.05) is 48.9 Å². The molecule has 0 spiro atoms. The molecule has 3 N–H and O–H groups in total. The average molecular weight is 489 g/mol. The number of rotatable bonds is 7. The number of guanidine groups is 1. The molecule has 7 nitrogen and oxygen atoms in total. The van der Waals surface area contributed by atoms with Gasteiger partial charge in [0, 0.05) is 40.1 Å². The van der Waals surface area contributed by atoms with Gasteiger partial charge in [0.25, 0.3) is 0 Å². The van der Waals surface area contributed by atoms with E-state index in [4.69, 9.17) is 11.6 Å². The Bertz CT molecular complexity index is 1330. The number of hydrogen-bond donors (Lipinski definition) is 3. The zero-order valence-electron chi connectivity index (χ0n) is 20.1. The molecule has 4 rings (SSSR count). The molecule has 0 saturated carbocycles. The molecule has 0 bridgehead atoms. The number of hydrogen-bond acceptors (Lipinski definition) is 4. The second-order valence-corrected chi connectivity index (χ2v) is 8.88. The molecule has 1 atom stereocenters. The maximum atomic E-state index is 13.2. The van der Waals surface area contributed by atoms with Crippen molar-refractivity contribution in [1.82, 2.24) is 20.3 Å². The van der Waals surface area contributed by atoms with Crippen molar-refractivity contribution >= 4 is 40.3 Å². The first-order chi connectivity index (χ1) is 16.9. The molecule has 0 aliphatic rings. The molecule has 0 radical (unpaired) electrons. The summed E-state index contributed by atoms with van der Waals surface area (Å²) < 4.78 is 0. The highest BCUT2D eigenvalue weighted by molar-refractivity contribution is 6.31. The van der Waals surface area contributed by atoms with Gasteiger partial charge in [-0.15, -0.1) is 0 Å². The summed E-state index contributed by atoms with van der Waals surface area (Å²) in [6.07, 6.45) is 3.31. The predicted octanol–water partition coefficient (Wildman–Crippen LogP) is 5.55. The fraction of sp³-hybridized carbons (Fsp3) is 0.259. The maximum absolute atomic E-state index is 13.2. The van der Waals surface area contributed by atoms with E-state index < -0.39 is 0 Å². The number of nitrogens with zero attached hydrogens (tertiary/aromatic N) is 3. The van der Waals surface area contributed by atoms with Crippen LogP contribution in [0.15, 0.2) is 65.8 Å². The van der Waals surface area contributed by atoms with Gasteiger partial charge in [-0.3, -0.25) is 20.4 Å². The standard InChI is InChI=1S/C27H29ClN6O/c1-4-22(19-8-6-5-7-9-19)25(35)33-26(34-27-31-17(2)14-18(3)32-27)29-13-12-20-16-30-24-11-10-21(28)15-23(20)24/h5-11,14-16,22,30H,4,12-13H2,1-3H3,(H2,29,31,32,33,34,35)/t22-/m1/s1. The lowest BCUT2D eigenvalue weighted by atomic mass is 9.96. The number of aromatic nitrogens is 3. The fourth-order valence-electron chi connectivity index (χ4n) is 4.11. The molecule has 2 aromatic heterocycles. The van der Waals surface area contributed by atoms with E-state index in [1.54, 1.807) is 0 Å². The van der Waals surface area contributed by atoms with Crippen LogP contribution >= 0.6 is 11.6 Å². The molecule has 0 saturated heterocycles. The molecule has 2 heterocycles. The molecule has 180 valence electrons. The lowest BCUT2D eigenvalue weighted by Gasteiger charge is -2.17. The Morgan fingerprint density at radius 1 is 1.09 bits per heavy atom. The number of amides is 1. The second-order valence-electron chi connectivity index (χ2n) is 8.44. The van der Waals surface area contributed by atoms with Crippen molar-refractivity contribution in [2.24, 2.45) is 4.99 Å². The van der Waals surface area contributed by atoms with Crippen LogP contribution in [0, 0.1) is 13.8 Å². The van der Waals surface area contributed by atoms with Crippen molar-refractivity contribution in [1.29, 1.82) is 0 Å². The fourth-order valence-corrected chi connectivity index (χ4v) is 4.28. The Balaban J connectivity index is 1.55. The summed E-state index contributed by atoms with van der Waals surface area (Å²) in [7, 11) is 0. The summed E-state index contributed by atoms with van der Waals surface area (Å²) >= 11 is 6.19. The third kappa shape index (κ3) is 6.25. The Morgan fingerprint density at radius 3 is 2.54 bits per heavy atom. The number of carbonyl (C=O) groups excluding carboxylic acids is 1. The van der Waals surface area contributed by atoms with Crippen molar-refractivity contribution in [3.8, 4) is 0 Å². The minimum Gasteiger partial charge on any atom is -0.361 e. The largest absolute Gasteiger partial charge is 0.361 e. The van der Waals surface area contributed by atoms with E-state index in [0.29, 0.717) is 36.3 Å². The number of fused-ring (bicyclic) bond motifs is 1. The highest BCUT2D eigenvalue weighted by atomic mass is 35.5. The summed E-state index contributed by atoms with van der Waals surface area (Å²) in [5.41, 5.74) is 4.76. The highest BCUT2D eigenvalue weighted by Gasteiger charge is 2.20. The van der Waals surface area contributed by atoms with Gasteiger partial charge in [-0.05, 0) is 62.1 Å². The van der Waals surface area contributed by atoms with Crippen LogP contribution in [0.4, 0.5) is 5.95 Å². The number of H-pyrrole nitrogens is 1. The zero-order chi connectivity index (χ0) is 24.8. The summed E-state index contributed by atoms with van der Waals surface area (Å²) in [6.45, 7) is 6.26. The molecular formula is C27H29ClN6O. The van der Waals surface area contributed by atoms with Crippen LogP contribution in [0.25, 0.3) is 10.9 Å². The Hall–Kier alpha value is -3.71. The normalized spacial score (nSPS) is 12.5. The van der Waals surface area contributed by atoms with Gasteiger partial charge >= 0.3 is 0 Å². The van der Waals surface area contributed by atoms with E-state index in [0.717, 1.165) is 33.4 Å². The lowest BCUT2D eigenvalue weighted by Crippen LogP contribution is -2.39. The summed E-state index contributed by atoms with van der Waals surface area (Å²) in [4.78, 5) is 30.0. The Kier molecular flexibility index (Phi) is 7.77. The molecule has 4 aromatic rings. The smallest absolute Gasteiger partial charge is 0.234 e. The number of carbonyl (C=O) groups is 1. The van der Waals surface area contributed by atoms with Gasteiger partial charge in [0.05, 0.1) is 5.92 Å². The average Bonchev–Trinajstić information content (AvgIpc) is 3.21. The van der Waals surface area contributed by atoms with Crippen molar-refractivity contribution in [3.63, 3.8) is 0 Å². The first kappa shape index (κ1) is 24.4. The minimum absolute atomic E-state index is 0.131. The molecule has 0 aliphatic heterocycles. The first-order valence-electron chi connectivity index (χ1n) is 11.7. The molecule has 0 unspecified atom stereocenters. The number of halogens is 1. The maximum Gasteiger partial charge on any atom is 0.234 e. The van der Waals surface area contributed by atoms with E-state index in [1.165, 1.54) is 0 Å². The van der Waals surface area contributed by atoms with E-state index in [1.807, 2.05) is 81.6 Å². The molecule has 8 heteroatoms. The van der Waals surface area contributed by atoms with Crippen molar-refractivity contribution in [2.75, 3.05) is 11.9 Å². The van der Waals surface area contributed by atoms with Crippen molar-refractivity contribution in [3.05, 3.63) is 88.3 Å². The lowest BCUT2D eigenvalue weighted by molar-refractivity contribution is -0.121. The van der Waals surface area contributed by atoms with Crippen LogP contribution in [-0.2, 0) is 11.2 Å². The molecule has 0 fully saturated rings. The van der Waals surface area contributed by atoms with E-state index in [-0.39, 0.29) is 11.8 Å². The molecule has 35 heavy (non-hydrogen) atoms. The van der Waals surface area contributed by atoms with Crippen LogP contribution in [0.2, 0.25) is 5.02 Å². The second kappa shape index (κ2) is 11.1. The monoisotopic (exact) mass is 488 g/mol. The molecule has 1 amide bonds. The topological polar surface area (TPSA) is 95.1 Å². The number of benzene rings is 2. The first-order valence-corrected chi connectivity index (χ1v) is 12.1. The van der Waals surface area contributed by atoms with Gasteiger partial charge in [-0.2, -0.15) is 0 Å². The minimum atomic E-state index is -0.292. The predicted molar refractivity (Wildman–Crippen MR) is 142 cm³/mol. The van der Waals surface area contributed by atoms with Crippen LogP contribution in [-0.4, -0.2) is 33.4 Å². The van der Waals surface area contributed by atoms with Gasteiger partial charge in [0.2, 0.25) is 17.8 Å². The summed E-state index contributed by atoms with van der Waals surface area (Å²) in [6, 6.07) is 17.4.